The quantitative estimate of drug-likeness (QED) is 0.691. The zero-order chi connectivity index (χ0) is 16.9. The molecule has 0 saturated carbocycles. The molecular formula is C20H17N3O. The van der Waals surface area contributed by atoms with E-state index in [1.165, 1.54) is 0 Å². The number of rotatable bonds is 4. The molecule has 0 N–H and O–H groups in total. The summed E-state index contributed by atoms with van der Waals surface area (Å²) in [5, 5.41) is 4.20. The van der Waals surface area contributed by atoms with Crippen molar-refractivity contribution in [1.29, 1.82) is 0 Å². The zero-order valence-electron chi connectivity index (χ0n) is 13.4. The molecule has 1 aromatic heterocycles. The number of aromatic nitrogens is 2. The lowest BCUT2D eigenvalue weighted by molar-refractivity contribution is 0.0988. The highest BCUT2D eigenvalue weighted by molar-refractivity contribution is 6.06. The van der Waals surface area contributed by atoms with Crippen LogP contribution in [0.3, 0.4) is 0 Å². The van der Waals surface area contributed by atoms with Gasteiger partial charge in [-0.25, -0.2) is 4.68 Å². The minimum Gasteiger partial charge on any atom is -0.309 e. The first-order chi connectivity index (χ1) is 11.7. The average Bonchev–Trinajstić information content (AvgIpc) is 3.17. The van der Waals surface area contributed by atoms with Gasteiger partial charge in [-0.2, -0.15) is 5.10 Å². The van der Waals surface area contributed by atoms with Crippen molar-refractivity contribution < 1.29 is 4.79 Å². The Hall–Kier alpha value is -3.32. The summed E-state index contributed by atoms with van der Waals surface area (Å²) in [4.78, 5) is 14.7. The topological polar surface area (TPSA) is 38.1 Å². The predicted octanol–water partition coefficient (Wildman–Crippen LogP) is 3.52. The molecule has 0 bridgehead atoms. The Morgan fingerprint density at radius 1 is 1.21 bits per heavy atom. The number of hydrogen-bond donors (Lipinski definition) is 0. The van der Waals surface area contributed by atoms with Gasteiger partial charge in [0.1, 0.15) is 0 Å². The van der Waals surface area contributed by atoms with Gasteiger partial charge in [-0.05, 0) is 49.4 Å². The maximum atomic E-state index is 12.9. The normalized spacial score (nSPS) is 10.2. The van der Waals surface area contributed by atoms with Gasteiger partial charge in [-0.1, -0.05) is 18.1 Å². The van der Waals surface area contributed by atoms with Crippen LogP contribution in [0.1, 0.15) is 22.8 Å². The van der Waals surface area contributed by atoms with Crippen LogP contribution in [-0.2, 0) is 0 Å². The number of nitrogens with zero attached hydrogens (tertiary/aromatic N) is 3. The fraction of sp³-hybridized carbons (Fsp3) is 0.100. The van der Waals surface area contributed by atoms with Gasteiger partial charge in [0, 0.05) is 35.8 Å². The van der Waals surface area contributed by atoms with Crippen molar-refractivity contribution in [2.24, 2.45) is 0 Å². The fourth-order valence-corrected chi connectivity index (χ4v) is 2.57. The molecule has 0 aliphatic rings. The second-order valence-electron chi connectivity index (χ2n) is 5.25. The lowest BCUT2D eigenvalue weighted by atomic mass is 10.1. The van der Waals surface area contributed by atoms with Gasteiger partial charge < -0.3 is 4.90 Å². The summed E-state index contributed by atoms with van der Waals surface area (Å²) in [6.07, 6.45) is 9.01. The Morgan fingerprint density at radius 2 is 2.04 bits per heavy atom. The summed E-state index contributed by atoms with van der Waals surface area (Å²) in [6.45, 7) is 2.50. The predicted molar refractivity (Wildman–Crippen MR) is 95.3 cm³/mol. The number of benzene rings is 2. The first-order valence-corrected chi connectivity index (χ1v) is 7.71. The van der Waals surface area contributed by atoms with E-state index in [2.05, 4.69) is 11.0 Å². The van der Waals surface area contributed by atoms with E-state index >= 15 is 0 Å². The molecule has 3 aromatic rings. The molecule has 0 spiro atoms. The third-order valence-electron chi connectivity index (χ3n) is 3.75. The van der Waals surface area contributed by atoms with Gasteiger partial charge in [0.05, 0.1) is 5.69 Å². The second-order valence-corrected chi connectivity index (χ2v) is 5.25. The highest BCUT2D eigenvalue weighted by atomic mass is 16.2. The SMILES string of the molecule is C#Cc1cccc(N(CC)C(=O)c2cccc(-n3cccn3)c2)c1. The van der Waals surface area contributed by atoms with E-state index in [1.807, 2.05) is 67.7 Å². The van der Waals surface area contributed by atoms with Crippen molar-refractivity contribution in [2.45, 2.75) is 6.92 Å². The number of hydrogen-bond acceptors (Lipinski definition) is 2. The molecule has 0 saturated heterocycles. The molecule has 24 heavy (non-hydrogen) atoms. The molecule has 0 atom stereocenters. The zero-order valence-corrected chi connectivity index (χ0v) is 13.4. The van der Waals surface area contributed by atoms with Crippen LogP contribution in [0.4, 0.5) is 5.69 Å². The largest absolute Gasteiger partial charge is 0.309 e. The number of carbonyl (C=O) groups excluding carboxylic acids is 1. The van der Waals surface area contributed by atoms with Crippen molar-refractivity contribution in [2.75, 3.05) is 11.4 Å². The number of anilines is 1. The molecule has 4 heteroatoms. The van der Waals surface area contributed by atoms with Crippen molar-refractivity contribution in [3.8, 4) is 18.0 Å². The summed E-state index contributed by atoms with van der Waals surface area (Å²) < 4.78 is 1.73. The molecule has 4 nitrogen and oxygen atoms in total. The molecular weight excluding hydrogens is 298 g/mol. The second kappa shape index (κ2) is 6.84. The van der Waals surface area contributed by atoms with Gasteiger partial charge in [-0.15, -0.1) is 6.42 Å². The number of carbonyl (C=O) groups is 1. The number of terminal acetylenes is 1. The third kappa shape index (κ3) is 3.06. The van der Waals surface area contributed by atoms with Crippen LogP contribution in [0.2, 0.25) is 0 Å². The smallest absolute Gasteiger partial charge is 0.258 e. The van der Waals surface area contributed by atoms with E-state index in [0.717, 1.165) is 16.9 Å². The minimum absolute atomic E-state index is 0.0688. The first kappa shape index (κ1) is 15.6. The first-order valence-electron chi connectivity index (χ1n) is 7.71. The van der Waals surface area contributed by atoms with Crippen molar-refractivity contribution in [3.63, 3.8) is 0 Å². The summed E-state index contributed by atoms with van der Waals surface area (Å²) >= 11 is 0. The Morgan fingerprint density at radius 3 is 2.75 bits per heavy atom. The third-order valence-corrected chi connectivity index (χ3v) is 3.75. The van der Waals surface area contributed by atoms with Crippen LogP contribution in [0.25, 0.3) is 5.69 Å². The monoisotopic (exact) mass is 315 g/mol. The highest BCUT2D eigenvalue weighted by Crippen LogP contribution is 2.20. The van der Waals surface area contributed by atoms with Gasteiger partial charge in [0.15, 0.2) is 0 Å². The van der Waals surface area contributed by atoms with Gasteiger partial charge in [0.2, 0.25) is 0 Å². The van der Waals surface area contributed by atoms with Crippen LogP contribution < -0.4 is 4.90 Å². The number of amides is 1. The van der Waals surface area contributed by atoms with Crippen LogP contribution in [0.5, 0.6) is 0 Å². The molecule has 0 aliphatic heterocycles. The lowest BCUT2D eigenvalue weighted by Gasteiger charge is -2.21. The maximum absolute atomic E-state index is 12.9. The molecule has 2 aromatic carbocycles. The molecule has 1 amide bonds. The molecule has 0 unspecified atom stereocenters. The Labute approximate surface area is 141 Å². The van der Waals surface area contributed by atoms with Crippen molar-refractivity contribution in [1.82, 2.24) is 9.78 Å². The molecule has 1 heterocycles. The van der Waals surface area contributed by atoms with Crippen LogP contribution in [0.15, 0.2) is 67.0 Å². The van der Waals surface area contributed by atoms with E-state index in [1.54, 1.807) is 15.8 Å². The van der Waals surface area contributed by atoms with E-state index in [9.17, 15) is 4.79 Å². The molecule has 118 valence electrons. The van der Waals surface area contributed by atoms with Crippen LogP contribution in [-0.4, -0.2) is 22.2 Å². The maximum Gasteiger partial charge on any atom is 0.258 e. The van der Waals surface area contributed by atoms with Gasteiger partial charge >= 0.3 is 0 Å². The van der Waals surface area contributed by atoms with Crippen molar-refractivity contribution in [3.05, 3.63) is 78.1 Å². The average molecular weight is 315 g/mol. The molecule has 0 fully saturated rings. The molecule has 0 aliphatic carbocycles. The van der Waals surface area contributed by atoms with E-state index in [4.69, 9.17) is 6.42 Å². The highest BCUT2D eigenvalue weighted by Gasteiger charge is 2.17. The standard InChI is InChI=1S/C20H17N3O/c1-3-16-8-5-10-18(14-16)22(4-2)20(24)17-9-6-11-19(15-17)23-13-7-12-21-23/h1,5-15H,4H2,2H3. The Bertz CT molecular complexity index is 891. The van der Waals surface area contributed by atoms with Gasteiger partial charge in [0.25, 0.3) is 5.91 Å². The fourth-order valence-electron chi connectivity index (χ4n) is 2.57. The van der Waals surface area contributed by atoms with Gasteiger partial charge in [-0.3, -0.25) is 4.79 Å². The Balaban J connectivity index is 1.95. The molecule has 3 rings (SSSR count). The summed E-state index contributed by atoms with van der Waals surface area (Å²) in [7, 11) is 0. The van der Waals surface area contributed by atoms with E-state index in [0.29, 0.717) is 12.1 Å². The minimum atomic E-state index is -0.0688. The van der Waals surface area contributed by atoms with E-state index in [-0.39, 0.29) is 5.91 Å². The summed E-state index contributed by atoms with van der Waals surface area (Å²) in [5.41, 5.74) is 3.00. The van der Waals surface area contributed by atoms with E-state index < -0.39 is 0 Å². The van der Waals surface area contributed by atoms with Crippen LogP contribution in [0, 0.1) is 12.3 Å². The lowest BCUT2D eigenvalue weighted by Crippen LogP contribution is -2.30. The van der Waals surface area contributed by atoms with Crippen LogP contribution >= 0.6 is 0 Å². The molecule has 0 radical (unpaired) electrons. The van der Waals surface area contributed by atoms with Crippen molar-refractivity contribution >= 4 is 11.6 Å². The Kier molecular flexibility index (Phi) is 4.44. The summed E-state index contributed by atoms with van der Waals surface area (Å²) in [5.74, 6) is 2.53. The summed E-state index contributed by atoms with van der Waals surface area (Å²) in [6, 6.07) is 16.7.